The van der Waals surface area contributed by atoms with Gasteiger partial charge in [0.25, 0.3) is 0 Å². The van der Waals surface area contributed by atoms with Crippen LogP contribution in [0.5, 0.6) is 0 Å². The Morgan fingerprint density at radius 3 is 2.33 bits per heavy atom. The summed E-state index contributed by atoms with van der Waals surface area (Å²) in [6.45, 7) is 7.37. The first-order valence-electron chi connectivity index (χ1n) is 6.39. The molecule has 0 aromatic rings. The van der Waals surface area contributed by atoms with Gasteiger partial charge in [0.1, 0.15) is 5.60 Å². The number of hydrogen-bond donors (Lipinski definition) is 0. The molecule has 1 aliphatic heterocycles. The fourth-order valence-corrected chi connectivity index (χ4v) is 2.93. The zero-order chi connectivity index (χ0) is 13.8. The maximum absolute atomic E-state index is 11.6. The van der Waals surface area contributed by atoms with Crippen molar-refractivity contribution in [1.82, 2.24) is 4.90 Å². The lowest BCUT2D eigenvalue weighted by molar-refractivity contribution is -0.157. The second-order valence-corrected chi connectivity index (χ2v) is 7.63. The SMILES string of the molecule is CCC(C)(C)OC(=O)CCN1CCS(=O)(=O)CC1. The van der Waals surface area contributed by atoms with Crippen LogP contribution in [-0.2, 0) is 19.4 Å². The van der Waals surface area contributed by atoms with E-state index in [1.165, 1.54) is 0 Å². The summed E-state index contributed by atoms with van der Waals surface area (Å²) in [6, 6.07) is 0. The van der Waals surface area contributed by atoms with Gasteiger partial charge >= 0.3 is 5.97 Å². The molecule has 106 valence electrons. The van der Waals surface area contributed by atoms with Crippen LogP contribution in [0.2, 0.25) is 0 Å². The molecule has 0 aromatic heterocycles. The van der Waals surface area contributed by atoms with Crippen molar-refractivity contribution in [3.05, 3.63) is 0 Å². The molecule has 0 aliphatic carbocycles. The van der Waals surface area contributed by atoms with Crippen LogP contribution in [-0.4, -0.2) is 56.0 Å². The van der Waals surface area contributed by atoms with Crippen LogP contribution < -0.4 is 0 Å². The number of hydrogen-bond acceptors (Lipinski definition) is 5. The first-order chi connectivity index (χ1) is 8.24. The van der Waals surface area contributed by atoms with Crippen molar-refractivity contribution in [2.45, 2.75) is 39.2 Å². The van der Waals surface area contributed by atoms with Crippen LogP contribution in [0.1, 0.15) is 33.6 Å². The van der Waals surface area contributed by atoms with Crippen LogP contribution in [0, 0.1) is 0 Å². The Labute approximate surface area is 109 Å². The maximum Gasteiger partial charge on any atom is 0.307 e. The van der Waals surface area contributed by atoms with E-state index in [1.54, 1.807) is 0 Å². The van der Waals surface area contributed by atoms with Crippen molar-refractivity contribution in [1.29, 1.82) is 0 Å². The van der Waals surface area contributed by atoms with Crippen molar-refractivity contribution in [3.63, 3.8) is 0 Å². The Hall–Kier alpha value is -0.620. The van der Waals surface area contributed by atoms with Gasteiger partial charge in [0, 0.05) is 19.6 Å². The third-order valence-electron chi connectivity index (χ3n) is 3.31. The molecule has 0 radical (unpaired) electrons. The van der Waals surface area contributed by atoms with E-state index < -0.39 is 15.4 Å². The van der Waals surface area contributed by atoms with Gasteiger partial charge in [-0.1, -0.05) is 6.92 Å². The summed E-state index contributed by atoms with van der Waals surface area (Å²) >= 11 is 0. The van der Waals surface area contributed by atoms with Gasteiger partial charge < -0.3 is 9.64 Å². The van der Waals surface area contributed by atoms with Crippen molar-refractivity contribution >= 4 is 15.8 Å². The second-order valence-electron chi connectivity index (χ2n) is 5.33. The zero-order valence-corrected chi connectivity index (χ0v) is 12.3. The predicted octanol–water partition coefficient (Wildman–Crippen LogP) is 0.839. The van der Waals surface area contributed by atoms with Crippen LogP contribution in [0.25, 0.3) is 0 Å². The highest BCUT2D eigenvalue weighted by molar-refractivity contribution is 7.91. The largest absolute Gasteiger partial charge is 0.460 e. The molecule has 5 nitrogen and oxygen atoms in total. The molecule has 0 aromatic carbocycles. The first kappa shape index (κ1) is 15.4. The summed E-state index contributed by atoms with van der Waals surface area (Å²) in [5.74, 6) is 0.181. The fourth-order valence-electron chi connectivity index (χ4n) is 1.65. The number of sulfone groups is 1. The summed E-state index contributed by atoms with van der Waals surface area (Å²) in [5.41, 5.74) is -0.414. The normalized spacial score (nSPS) is 20.6. The minimum atomic E-state index is -2.84. The average Bonchev–Trinajstić information content (AvgIpc) is 2.27. The number of carbonyl (C=O) groups is 1. The molecular formula is C12H23NO4S. The predicted molar refractivity (Wildman–Crippen MR) is 70.2 cm³/mol. The zero-order valence-electron chi connectivity index (χ0n) is 11.4. The lowest BCUT2D eigenvalue weighted by atomic mass is 10.1. The first-order valence-corrected chi connectivity index (χ1v) is 8.21. The molecule has 1 fully saturated rings. The standard InChI is InChI=1S/C12H23NO4S/c1-4-12(2,3)17-11(14)5-6-13-7-9-18(15,16)10-8-13/h4-10H2,1-3H3. The van der Waals surface area contributed by atoms with Gasteiger partial charge in [0.05, 0.1) is 17.9 Å². The van der Waals surface area contributed by atoms with E-state index in [9.17, 15) is 13.2 Å². The van der Waals surface area contributed by atoms with Crippen molar-refractivity contribution in [3.8, 4) is 0 Å². The van der Waals surface area contributed by atoms with Crippen LogP contribution in [0.15, 0.2) is 0 Å². The van der Waals surface area contributed by atoms with Gasteiger partial charge in [-0.15, -0.1) is 0 Å². The highest BCUT2D eigenvalue weighted by atomic mass is 32.2. The number of rotatable bonds is 5. The number of ether oxygens (including phenoxy) is 1. The smallest absolute Gasteiger partial charge is 0.307 e. The molecule has 0 spiro atoms. The van der Waals surface area contributed by atoms with Gasteiger partial charge in [0.2, 0.25) is 0 Å². The van der Waals surface area contributed by atoms with Crippen LogP contribution in [0.4, 0.5) is 0 Å². The van der Waals surface area contributed by atoms with Gasteiger partial charge in [-0.3, -0.25) is 4.79 Å². The Kier molecular flexibility index (Phi) is 5.16. The summed E-state index contributed by atoms with van der Waals surface area (Å²) < 4.78 is 27.8. The van der Waals surface area contributed by atoms with Gasteiger partial charge in [-0.25, -0.2) is 8.42 Å². The van der Waals surface area contributed by atoms with Crippen molar-refractivity contribution < 1.29 is 17.9 Å². The van der Waals surface area contributed by atoms with Crippen LogP contribution in [0.3, 0.4) is 0 Å². The van der Waals surface area contributed by atoms with Gasteiger partial charge in [-0.05, 0) is 20.3 Å². The molecule has 1 aliphatic rings. The van der Waals surface area contributed by atoms with Crippen molar-refractivity contribution in [2.24, 2.45) is 0 Å². The van der Waals surface area contributed by atoms with E-state index in [0.717, 1.165) is 6.42 Å². The van der Waals surface area contributed by atoms with Gasteiger partial charge in [-0.2, -0.15) is 0 Å². The third-order valence-corrected chi connectivity index (χ3v) is 4.92. The molecule has 0 saturated carbocycles. The van der Waals surface area contributed by atoms with E-state index in [-0.39, 0.29) is 17.5 Å². The average molecular weight is 277 g/mol. The molecule has 1 rings (SSSR count). The summed E-state index contributed by atoms with van der Waals surface area (Å²) in [4.78, 5) is 13.6. The Balaban J connectivity index is 2.28. The Morgan fingerprint density at radius 2 is 1.83 bits per heavy atom. The molecule has 6 heteroatoms. The highest BCUT2D eigenvalue weighted by Gasteiger charge is 2.24. The quantitative estimate of drug-likeness (QED) is 0.697. The van der Waals surface area contributed by atoms with E-state index in [2.05, 4.69) is 0 Å². The second kappa shape index (κ2) is 6.02. The molecule has 0 amide bonds. The Morgan fingerprint density at radius 1 is 1.28 bits per heavy atom. The molecule has 0 atom stereocenters. The summed E-state index contributed by atoms with van der Waals surface area (Å²) in [6.07, 6.45) is 1.10. The highest BCUT2D eigenvalue weighted by Crippen LogP contribution is 2.14. The molecule has 18 heavy (non-hydrogen) atoms. The summed E-state index contributed by atoms with van der Waals surface area (Å²) in [5, 5.41) is 0. The molecular weight excluding hydrogens is 254 g/mol. The van der Waals surface area contributed by atoms with E-state index in [0.29, 0.717) is 26.1 Å². The lowest BCUT2D eigenvalue weighted by Gasteiger charge is -2.27. The number of nitrogens with zero attached hydrogens (tertiary/aromatic N) is 1. The molecule has 0 N–H and O–H groups in total. The topological polar surface area (TPSA) is 63.7 Å². The number of esters is 1. The van der Waals surface area contributed by atoms with E-state index in [4.69, 9.17) is 4.74 Å². The fraction of sp³-hybridized carbons (Fsp3) is 0.917. The molecule has 1 heterocycles. The third kappa shape index (κ3) is 5.35. The summed E-state index contributed by atoms with van der Waals surface area (Å²) in [7, 11) is -2.84. The molecule has 0 unspecified atom stereocenters. The molecule has 0 bridgehead atoms. The van der Waals surface area contributed by atoms with E-state index >= 15 is 0 Å². The van der Waals surface area contributed by atoms with Crippen molar-refractivity contribution in [2.75, 3.05) is 31.1 Å². The lowest BCUT2D eigenvalue weighted by Crippen LogP contribution is -2.41. The van der Waals surface area contributed by atoms with Gasteiger partial charge in [0.15, 0.2) is 9.84 Å². The van der Waals surface area contributed by atoms with Crippen LogP contribution >= 0.6 is 0 Å². The maximum atomic E-state index is 11.6. The van der Waals surface area contributed by atoms with E-state index in [1.807, 2.05) is 25.7 Å². The minimum absolute atomic E-state index is 0.197. The molecule has 1 saturated heterocycles. The number of carbonyl (C=O) groups excluding carboxylic acids is 1. The minimum Gasteiger partial charge on any atom is -0.460 e. The Bertz CT molecular complexity index is 375. The monoisotopic (exact) mass is 277 g/mol.